The Morgan fingerprint density at radius 3 is 2.52 bits per heavy atom. The van der Waals surface area contributed by atoms with E-state index in [1.165, 1.54) is 35.3 Å². The summed E-state index contributed by atoms with van der Waals surface area (Å²) >= 11 is 0. The topological polar surface area (TPSA) is 81.1 Å². The van der Waals surface area contributed by atoms with Crippen LogP contribution in [0.4, 0.5) is 0 Å². The smallest absolute Gasteiger partial charge is 0.267 e. The fourth-order valence-corrected chi connectivity index (χ4v) is 3.09. The van der Waals surface area contributed by atoms with Crippen molar-refractivity contribution >= 4 is 26.8 Å². The van der Waals surface area contributed by atoms with Crippen LogP contribution in [0.1, 0.15) is 17.3 Å². The summed E-state index contributed by atoms with van der Waals surface area (Å²) in [5, 5.41) is 0. The van der Waals surface area contributed by atoms with Gasteiger partial charge in [-0.3, -0.25) is 10.2 Å². The van der Waals surface area contributed by atoms with Crippen molar-refractivity contribution in [2.75, 3.05) is 11.2 Å². The molecular formula is C16H15N3O3S. The quantitative estimate of drug-likeness (QED) is 0.796. The average molecular weight is 329 g/mol. The number of rotatable bonds is 4. The van der Waals surface area contributed by atoms with E-state index in [0.717, 1.165) is 11.0 Å². The molecule has 3 rings (SSSR count). The van der Waals surface area contributed by atoms with E-state index >= 15 is 0 Å². The van der Waals surface area contributed by atoms with Crippen LogP contribution in [0.5, 0.6) is 0 Å². The number of sulfone groups is 1. The molecule has 0 unspecified atom stereocenters. The highest BCUT2D eigenvalue weighted by atomic mass is 32.2. The van der Waals surface area contributed by atoms with E-state index in [-0.39, 0.29) is 16.6 Å². The largest absolute Gasteiger partial charge is 0.270 e. The summed E-state index contributed by atoms with van der Waals surface area (Å²) in [6, 6.07) is 13.3. The van der Waals surface area contributed by atoms with E-state index in [1.54, 1.807) is 6.92 Å². The lowest BCUT2D eigenvalue weighted by Crippen LogP contribution is -2.22. The van der Waals surface area contributed by atoms with Crippen molar-refractivity contribution in [2.24, 2.45) is 0 Å². The number of imidazole rings is 1. The molecule has 0 aliphatic rings. The SMILES string of the molecule is CCS(=O)(=O)c1ccc(C(=O)Nn2cnc3ccccc32)cc1. The van der Waals surface area contributed by atoms with E-state index in [9.17, 15) is 13.2 Å². The van der Waals surface area contributed by atoms with E-state index in [1.807, 2.05) is 24.3 Å². The third kappa shape index (κ3) is 2.95. The minimum atomic E-state index is -3.27. The highest BCUT2D eigenvalue weighted by Gasteiger charge is 2.13. The lowest BCUT2D eigenvalue weighted by molar-refractivity contribution is 0.101. The van der Waals surface area contributed by atoms with Crippen LogP contribution in [0.2, 0.25) is 0 Å². The molecule has 7 heteroatoms. The maximum Gasteiger partial charge on any atom is 0.270 e. The molecular weight excluding hydrogens is 314 g/mol. The van der Waals surface area contributed by atoms with E-state index in [2.05, 4.69) is 10.4 Å². The standard InChI is InChI=1S/C16H15N3O3S/c1-2-23(21,22)13-9-7-12(8-10-13)16(20)18-19-11-17-14-5-3-4-6-15(14)19/h3-11H,2H2,1H3,(H,18,20). The number of fused-ring (bicyclic) bond motifs is 1. The molecule has 0 spiro atoms. The van der Waals surface area contributed by atoms with E-state index < -0.39 is 9.84 Å². The molecule has 23 heavy (non-hydrogen) atoms. The summed E-state index contributed by atoms with van der Waals surface area (Å²) in [6.45, 7) is 1.58. The number of para-hydroxylation sites is 2. The first kappa shape index (κ1) is 15.2. The summed E-state index contributed by atoms with van der Waals surface area (Å²) in [5.74, 6) is -0.312. The second-order valence-electron chi connectivity index (χ2n) is 4.97. The van der Waals surface area contributed by atoms with Crippen molar-refractivity contribution in [3.63, 3.8) is 0 Å². The van der Waals surface area contributed by atoms with Crippen LogP contribution < -0.4 is 5.43 Å². The predicted molar refractivity (Wildman–Crippen MR) is 87.6 cm³/mol. The molecule has 2 aromatic carbocycles. The number of carbonyl (C=O) groups is 1. The van der Waals surface area contributed by atoms with Gasteiger partial charge in [0.2, 0.25) is 0 Å². The second-order valence-corrected chi connectivity index (χ2v) is 7.25. The van der Waals surface area contributed by atoms with Crippen molar-refractivity contribution < 1.29 is 13.2 Å². The summed E-state index contributed by atoms with van der Waals surface area (Å²) in [5.41, 5.74) is 4.65. The van der Waals surface area contributed by atoms with Gasteiger partial charge in [0.15, 0.2) is 9.84 Å². The summed E-state index contributed by atoms with van der Waals surface area (Å²) < 4.78 is 25.1. The lowest BCUT2D eigenvalue weighted by Gasteiger charge is -2.08. The van der Waals surface area contributed by atoms with Crippen molar-refractivity contribution in [1.82, 2.24) is 9.66 Å². The van der Waals surface area contributed by atoms with Crippen molar-refractivity contribution in [2.45, 2.75) is 11.8 Å². The first-order valence-corrected chi connectivity index (χ1v) is 8.73. The molecule has 1 amide bonds. The molecule has 0 fully saturated rings. The first-order valence-electron chi connectivity index (χ1n) is 7.07. The number of hydrogen-bond donors (Lipinski definition) is 1. The maximum absolute atomic E-state index is 12.3. The molecule has 0 atom stereocenters. The molecule has 6 nitrogen and oxygen atoms in total. The summed E-state index contributed by atoms with van der Waals surface area (Å²) in [6.07, 6.45) is 1.53. The number of hydrogen-bond acceptors (Lipinski definition) is 4. The Balaban J connectivity index is 1.84. The number of amides is 1. The molecule has 1 N–H and O–H groups in total. The van der Waals surface area contributed by atoms with Gasteiger partial charge in [-0.2, -0.15) is 0 Å². The van der Waals surface area contributed by atoms with Crippen LogP contribution in [-0.4, -0.2) is 29.7 Å². The van der Waals surface area contributed by atoms with Gasteiger partial charge >= 0.3 is 0 Å². The van der Waals surface area contributed by atoms with Gasteiger partial charge in [0, 0.05) is 5.56 Å². The number of nitrogens with zero attached hydrogens (tertiary/aromatic N) is 2. The van der Waals surface area contributed by atoms with Crippen molar-refractivity contribution in [3.05, 3.63) is 60.4 Å². The summed E-state index contributed by atoms with van der Waals surface area (Å²) in [7, 11) is -3.27. The zero-order chi connectivity index (χ0) is 16.4. The zero-order valence-electron chi connectivity index (χ0n) is 12.4. The van der Waals surface area contributed by atoms with Crippen molar-refractivity contribution in [1.29, 1.82) is 0 Å². The zero-order valence-corrected chi connectivity index (χ0v) is 13.2. The van der Waals surface area contributed by atoms with Crippen LogP contribution in [0.3, 0.4) is 0 Å². The molecule has 118 valence electrons. The average Bonchev–Trinajstić information content (AvgIpc) is 2.98. The van der Waals surface area contributed by atoms with Crippen LogP contribution in [0.15, 0.2) is 59.8 Å². The number of carbonyl (C=O) groups excluding carboxylic acids is 1. The van der Waals surface area contributed by atoms with Crippen LogP contribution in [-0.2, 0) is 9.84 Å². The minimum absolute atomic E-state index is 0.0274. The molecule has 0 aliphatic carbocycles. The number of nitrogens with one attached hydrogen (secondary N) is 1. The van der Waals surface area contributed by atoms with Gasteiger partial charge in [-0.05, 0) is 36.4 Å². The van der Waals surface area contributed by atoms with Gasteiger partial charge in [-0.25, -0.2) is 18.1 Å². The normalized spacial score (nSPS) is 11.5. The number of aromatic nitrogens is 2. The molecule has 0 saturated heterocycles. The molecule has 0 saturated carbocycles. The Morgan fingerprint density at radius 1 is 1.13 bits per heavy atom. The highest BCUT2D eigenvalue weighted by Crippen LogP contribution is 2.14. The van der Waals surface area contributed by atoms with Gasteiger partial charge in [0.1, 0.15) is 6.33 Å². The Kier molecular flexibility index (Phi) is 3.87. The van der Waals surface area contributed by atoms with E-state index in [4.69, 9.17) is 0 Å². The van der Waals surface area contributed by atoms with Gasteiger partial charge in [0.25, 0.3) is 5.91 Å². The third-order valence-corrected chi connectivity index (χ3v) is 5.28. The monoisotopic (exact) mass is 329 g/mol. The van der Waals surface area contributed by atoms with Gasteiger partial charge in [0.05, 0.1) is 21.7 Å². The fraction of sp³-hybridized carbons (Fsp3) is 0.125. The molecule has 3 aromatic rings. The van der Waals surface area contributed by atoms with Gasteiger partial charge < -0.3 is 0 Å². The highest BCUT2D eigenvalue weighted by molar-refractivity contribution is 7.91. The van der Waals surface area contributed by atoms with Crippen molar-refractivity contribution in [3.8, 4) is 0 Å². The molecule has 1 heterocycles. The molecule has 0 aliphatic heterocycles. The Hall–Kier alpha value is -2.67. The van der Waals surface area contributed by atoms with Crippen LogP contribution in [0.25, 0.3) is 11.0 Å². The predicted octanol–water partition coefficient (Wildman–Crippen LogP) is 2.21. The molecule has 0 bridgehead atoms. The fourth-order valence-electron chi connectivity index (χ4n) is 2.20. The van der Waals surface area contributed by atoms with Crippen LogP contribution in [0, 0.1) is 0 Å². The van der Waals surface area contributed by atoms with Crippen LogP contribution >= 0.6 is 0 Å². The molecule has 0 radical (unpaired) electrons. The van der Waals surface area contributed by atoms with Gasteiger partial charge in [-0.15, -0.1) is 0 Å². The Labute approximate surface area is 133 Å². The number of benzene rings is 2. The second kappa shape index (κ2) is 5.85. The Bertz CT molecular complexity index is 960. The first-order chi connectivity index (χ1) is 11.0. The summed E-state index contributed by atoms with van der Waals surface area (Å²) in [4.78, 5) is 16.7. The minimum Gasteiger partial charge on any atom is -0.267 e. The lowest BCUT2D eigenvalue weighted by atomic mass is 10.2. The Morgan fingerprint density at radius 2 is 1.83 bits per heavy atom. The maximum atomic E-state index is 12.3. The van der Waals surface area contributed by atoms with Gasteiger partial charge in [-0.1, -0.05) is 19.1 Å². The van der Waals surface area contributed by atoms with E-state index in [0.29, 0.717) is 5.56 Å². The third-order valence-electron chi connectivity index (χ3n) is 3.53. The molecule has 1 aromatic heterocycles.